The molecule has 0 atom stereocenters. The normalized spacial score (nSPS) is 12.4. The van der Waals surface area contributed by atoms with Crippen LogP contribution in [-0.4, -0.2) is 0 Å². The van der Waals surface area contributed by atoms with Crippen LogP contribution in [-0.2, 0) is 21.7 Å². The van der Waals surface area contributed by atoms with Crippen molar-refractivity contribution in [2.45, 2.75) is 105 Å². The van der Waals surface area contributed by atoms with Crippen LogP contribution in [0.4, 0.5) is 51.7 Å². The monoisotopic (exact) mass is 1140 g/mol. The highest BCUT2D eigenvalue weighted by Gasteiger charge is 2.29. The van der Waals surface area contributed by atoms with Crippen molar-refractivity contribution in [1.29, 1.82) is 0 Å². The van der Waals surface area contributed by atoms with E-state index < -0.39 is 0 Å². The largest absolute Gasteiger partial charge is 0.310 e. The smallest absolute Gasteiger partial charge is 0.123 e. The first-order chi connectivity index (χ1) is 40.7. The highest BCUT2D eigenvalue weighted by molar-refractivity contribution is 6.28. The lowest BCUT2D eigenvalue weighted by Gasteiger charge is -2.33. The molecule has 0 saturated carbocycles. The molecule has 86 heavy (non-hydrogen) atoms. The number of hydrogen-bond acceptors (Lipinski definition) is 2. The van der Waals surface area contributed by atoms with E-state index in [9.17, 15) is 17.6 Å². The summed E-state index contributed by atoms with van der Waals surface area (Å²) in [7, 11) is 0. The van der Waals surface area contributed by atoms with Gasteiger partial charge in [0.25, 0.3) is 0 Å². The second kappa shape index (κ2) is 21.5. The van der Waals surface area contributed by atoms with Crippen LogP contribution in [0.2, 0.25) is 0 Å². The van der Waals surface area contributed by atoms with Gasteiger partial charge in [0.1, 0.15) is 23.3 Å². The third-order valence-corrected chi connectivity index (χ3v) is 17.0. The van der Waals surface area contributed by atoms with Crippen molar-refractivity contribution < 1.29 is 17.6 Å². The summed E-state index contributed by atoms with van der Waals surface area (Å²) in [6.45, 7) is 27.1. The lowest BCUT2D eigenvalue weighted by molar-refractivity contribution is 0.568. The Labute approximate surface area is 504 Å². The Morgan fingerprint density at radius 2 is 0.465 bits per heavy atom. The molecule has 2 nitrogen and oxygen atoms in total. The van der Waals surface area contributed by atoms with Gasteiger partial charge in [0.05, 0.1) is 11.4 Å². The predicted molar refractivity (Wildman–Crippen MR) is 356 cm³/mol. The van der Waals surface area contributed by atoms with Crippen molar-refractivity contribution in [3.05, 3.63) is 264 Å². The lowest BCUT2D eigenvalue weighted by Crippen LogP contribution is -2.19. The van der Waals surface area contributed by atoms with Gasteiger partial charge in [-0.25, -0.2) is 17.6 Å². The van der Waals surface area contributed by atoms with Gasteiger partial charge in [-0.2, -0.15) is 0 Å². The van der Waals surface area contributed by atoms with E-state index in [4.69, 9.17) is 0 Å². The van der Waals surface area contributed by atoms with Crippen molar-refractivity contribution in [1.82, 2.24) is 0 Å². The minimum absolute atomic E-state index is 0.208. The van der Waals surface area contributed by atoms with Crippen LogP contribution < -0.4 is 9.80 Å². The zero-order chi connectivity index (χ0) is 60.8. The summed E-state index contributed by atoms with van der Waals surface area (Å²) in [5, 5.41) is 6.45. The van der Waals surface area contributed by atoms with E-state index in [0.29, 0.717) is 0 Å². The Bertz CT molecular complexity index is 4030. The molecule has 6 heteroatoms. The number of anilines is 6. The van der Waals surface area contributed by atoms with Crippen molar-refractivity contribution >= 4 is 66.4 Å². The summed E-state index contributed by atoms with van der Waals surface area (Å²) in [6, 6.07) is 71.3. The molecule has 0 bridgehead atoms. The second-order valence-corrected chi connectivity index (χ2v) is 27.4. The Morgan fingerprint density at radius 3 is 0.709 bits per heavy atom. The summed E-state index contributed by atoms with van der Waals surface area (Å²) < 4.78 is 58.8. The summed E-state index contributed by atoms with van der Waals surface area (Å²) >= 11 is 0. The minimum atomic E-state index is -0.319. The molecule has 0 amide bonds. The van der Waals surface area contributed by atoms with E-state index >= 15 is 0 Å². The van der Waals surface area contributed by atoms with Crippen molar-refractivity contribution in [3.8, 4) is 44.5 Å². The van der Waals surface area contributed by atoms with Gasteiger partial charge in [-0.3, -0.25) is 0 Å². The molecule has 0 aliphatic carbocycles. The van der Waals surface area contributed by atoms with Crippen LogP contribution in [0.15, 0.2) is 218 Å². The average molecular weight is 1140 g/mol. The number of benzene rings is 12. The molecule has 12 aromatic carbocycles. The second-order valence-electron chi connectivity index (χ2n) is 27.4. The maximum atomic E-state index is 14.7. The summed E-state index contributed by atoms with van der Waals surface area (Å²) in [4.78, 5) is 4.77. The van der Waals surface area contributed by atoms with Crippen molar-refractivity contribution in [2.75, 3.05) is 9.80 Å². The molecule has 0 aromatic heterocycles. The number of rotatable bonds is 10. The van der Waals surface area contributed by atoms with E-state index in [2.05, 4.69) is 214 Å². The first-order valence-electron chi connectivity index (χ1n) is 29.7. The molecule has 430 valence electrons. The van der Waals surface area contributed by atoms with Gasteiger partial charge in [-0.15, -0.1) is 0 Å². The fourth-order valence-electron chi connectivity index (χ4n) is 11.9. The van der Waals surface area contributed by atoms with Crippen molar-refractivity contribution in [3.63, 3.8) is 0 Å². The molecule has 0 spiro atoms. The summed E-state index contributed by atoms with van der Waals surface area (Å²) in [5.41, 5.74) is 16.5. The SMILES string of the molecule is CC(C)(C)c1cc(N(c2cc(-c3ccc(F)cc3)cc(-c3ccc(F)cc3)c2)c2ccc3ccc4c(N(c5cc(-c6ccc(F)cc6)cc(-c6ccc(F)cc6)c5)c5cc(C(C)(C)C)cc(C(C)(C)C)c5)ccc5ccc2c3c54)cc(C(C)(C)C)c1. The van der Waals surface area contributed by atoms with E-state index in [0.717, 1.165) is 111 Å². The van der Waals surface area contributed by atoms with E-state index in [1.807, 2.05) is 48.5 Å². The van der Waals surface area contributed by atoms with Crippen LogP contribution >= 0.6 is 0 Å². The van der Waals surface area contributed by atoms with Crippen LogP contribution in [0.25, 0.3) is 76.8 Å². The molecular weight excluding hydrogens is 1060 g/mol. The number of nitrogens with zero attached hydrogens (tertiary/aromatic N) is 2. The third kappa shape index (κ3) is 11.3. The first-order valence-corrected chi connectivity index (χ1v) is 29.7. The van der Waals surface area contributed by atoms with Gasteiger partial charge in [0, 0.05) is 33.5 Å². The molecule has 0 fully saturated rings. The molecule has 12 aromatic rings. The molecule has 0 aliphatic rings. The van der Waals surface area contributed by atoms with E-state index in [1.54, 1.807) is 0 Å². The molecule has 0 unspecified atom stereocenters. The fraction of sp³-hybridized carbons (Fsp3) is 0.200. The maximum Gasteiger partial charge on any atom is 0.123 e. The van der Waals surface area contributed by atoms with E-state index in [1.165, 1.54) is 70.8 Å². The van der Waals surface area contributed by atoms with Crippen LogP contribution in [0.5, 0.6) is 0 Å². The quantitative estimate of drug-likeness (QED) is 0.0995. The Morgan fingerprint density at radius 1 is 0.233 bits per heavy atom. The molecule has 0 aliphatic heterocycles. The van der Waals surface area contributed by atoms with Crippen LogP contribution in [0, 0.1) is 23.3 Å². The van der Waals surface area contributed by atoms with Crippen molar-refractivity contribution in [2.24, 2.45) is 0 Å². The first kappa shape index (κ1) is 57.4. The van der Waals surface area contributed by atoms with Gasteiger partial charge in [-0.1, -0.05) is 180 Å². The Hall–Kier alpha value is -9.00. The average Bonchev–Trinajstić information content (AvgIpc) is 0.764. The Balaban J connectivity index is 1.17. The van der Waals surface area contributed by atoms with Gasteiger partial charge in [0.15, 0.2) is 0 Å². The predicted octanol–water partition coefficient (Wildman–Crippen LogP) is 23.9. The molecule has 0 N–H and O–H groups in total. The van der Waals surface area contributed by atoms with Gasteiger partial charge in [-0.05, 0) is 231 Å². The molecule has 0 heterocycles. The zero-order valence-corrected chi connectivity index (χ0v) is 51.2. The molecular formula is C80H72F4N2. The topological polar surface area (TPSA) is 6.48 Å². The Kier molecular flexibility index (Phi) is 14.4. The number of hydrogen-bond donors (Lipinski definition) is 0. The van der Waals surface area contributed by atoms with Crippen LogP contribution in [0.3, 0.4) is 0 Å². The number of halogens is 4. The van der Waals surface area contributed by atoms with Gasteiger partial charge >= 0.3 is 0 Å². The highest BCUT2D eigenvalue weighted by Crippen LogP contribution is 2.51. The summed E-state index contributed by atoms with van der Waals surface area (Å²) in [6.07, 6.45) is 0. The lowest BCUT2D eigenvalue weighted by atomic mass is 9.80. The zero-order valence-electron chi connectivity index (χ0n) is 51.2. The minimum Gasteiger partial charge on any atom is -0.310 e. The highest BCUT2D eigenvalue weighted by atomic mass is 19.1. The fourth-order valence-corrected chi connectivity index (χ4v) is 11.9. The standard InChI is InChI=1S/C80H72F4N2/c1-77(2,3)59-43-60(78(4,5)6)46-69(45-59)85(67-39-55(49-13-25-63(81)26-14-49)37-56(40-67)50-15-27-64(82)28-16-50)73-35-23-53-22-34-72-74(36-24-54-21-33-71(73)75(53)76(54)72)86(70-47-61(79(7,8)9)44-62(48-70)80(10,11)12)68-41-57(51-17-29-65(83)30-18-51)38-58(42-68)52-19-31-66(84)32-20-52/h13-48H,1-12H3. The van der Waals surface area contributed by atoms with E-state index in [-0.39, 0.29) is 44.9 Å². The molecule has 0 radical (unpaired) electrons. The van der Waals surface area contributed by atoms with Crippen LogP contribution in [0.1, 0.15) is 105 Å². The van der Waals surface area contributed by atoms with Gasteiger partial charge < -0.3 is 9.80 Å². The van der Waals surface area contributed by atoms with Gasteiger partial charge in [0.2, 0.25) is 0 Å². The maximum absolute atomic E-state index is 14.7. The molecule has 12 rings (SSSR count). The molecule has 0 saturated heterocycles. The summed E-state index contributed by atoms with van der Waals surface area (Å²) in [5.74, 6) is -1.28. The third-order valence-electron chi connectivity index (χ3n) is 17.0.